The van der Waals surface area contributed by atoms with Crippen LogP contribution in [0.5, 0.6) is 0 Å². The molecule has 0 aliphatic rings. The highest BCUT2D eigenvalue weighted by Gasteiger charge is 2.08. The first-order valence-corrected chi connectivity index (χ1v) is 6.74. The summed E-state index contributed by atoms with van der Waals surface area (Å²) in [6.45, 7) is 1.92. The van der Waals surface area contributed by atoms with Crippen LogP contribution in [-0.4, -0.2) is 5.91 Å². The Balaban J connectivity index is 2.22. The second-order valence-corrected chi connectivity index (χ2v) is 4.95. The van der Waals surface area contributed by atoms with E-state index in [4.69, 9.17) is 23.2 Å². The zero-order chi connectivity index (χ0) is 13.8. The van der Waals surface area contributed by atoms with Crippen LogP contribution in [0, 0.1) is 6.92 Å². The highest BCUT2D eigenvalue weighted by atomic mass is 35.5. The minimum absolute atomic E-state index is 0.169. The van der Waals surface area contributed by atoms with Gasteiger partial charge in [0.1, 0.15) is 0 Å². The number of benzene rings is 2. The van der Waals surface area contributed by atoms with Gasteiger partial charge in [0.05, 0.1) is 0 Å². The molecule has 2 aromatic carbocycles. The van der Waals surface area contributed by atoms with Crippen molar-refractivity contribution in [2.75, 3.05) is 5.32 Å². The fourth-order valence-corrected chi connectivity index (χ4v) is 2.06. The Bertz CT molecular complexity index is 611. The van der Waals surface area contributed by atoms with Gasteiger partial charge in [-0.15, -0.1) is 11.6 Å². The largest absolute Gasteiger partial charge is 0.322 e. The van der Waals surface area contributed by atoms with Gasteiger partial charge >= 0.3 is 0 Å². The lowest BCUT2D eigenvalue weighted by atomic mass is 10.1. The summed E-state index contributed by atoms with van der Waals surface area (Å²) in [4.78, 5) is 12.1. The van der Waals surface area contributed by atoms with Crippen molar-refractivity contribution in [1.82, 2.24) is 0 Å². The van der Waals surface area contributed by atoms with Gasteiger partial charge in [-0.1, -0.05) is 29.8 Å². The second kappa shape index (κ2) is 6.09. The topological polar surface area (TPSA) is 29.1 Å². The van der Waals surface area contributed by atoms with Gasteiger partial charge in [-0.3, -0.25) is 4.79 Å². The summed E-state index contributed by atoms with van der Waals surface area (Å²) in [7, 11) is 0. The molecule has 0 aliphatic heterocycles. The van der Waals surface area contributed by atoms with Crippen LogP contribution >= 0.6 is 23.2 Å². The van der Waals surface area contributed by atoms with Gasteiger partial charge in [0.2, 0.25) is 0 Å². The van der Waals surface area contributed by atoms with E-state index in [-0.39, 0.29) is 5.91 Å². The molecule has 98 valence electrons. The molecule has 2 nitrogen and oxygen atoms in total. The Kier molecular flexibility index (Phi) is 4.46. The molecule has 0 saturated heterocycles. The summed E-state index contributed by atoms with van der Waals surface area (Å²) in [6.07, 6.45) is 0. The Hall–Kier alpha value is -1.51. The van der Waals surface area contributed by atoms with E-state index in [9.17, 15) is 4.79 Å². The molecule has 0 heterocycles. The Morgan fingerprint density at radius 1 is 1.21 bits per heavy atom. The first kappa shape index (κ1) is 13.9. The molecular weight excluding hydrogens is 281 g/mol. The summed E-state index contributed by atoms with van der Waals surface area (Å²) >= 11 is 11.7. The normalized spacial score (nSPS) is 10.3. The highest BCUT2D eigenvalue weighted by Crippen LogP contribution is 2.21. The predicted octanol–water partition coefficient (Wildman–Crippen LogP) is 4.64. The van der Waals surface area contributed by atoms with E-state index in [1.54, 1.807) is 24.3 Å². The van der Waals surface area contributed by atoms with Gasteiger partial charge in [-0.25, -0.2) is 0 Å². The maximum absolute atomic E-state index is 12.1. The van der Waals surface area contributed by atoms with Crippen molar-refractivity contribution < 1.29 is 4.79 Å². The van der Waals surface area contributed by atoms with Gasteiger partial charge in [0.25, 0.3) is 5.91 Å². The minimum atomic E-state index is -0.169. The third kappa shape index (κ3) is 3.49. The van der Waals surface area contributed by atoms with E-state index in [0.717, 1.165) is 11.1 Å². The molecule has 2 aromatic rings. The Morgan fingerprint density at radius 2 is 2.00 bits per heavy atom. The van der Waals surface area contributed by atoms with Crippen LogP contribution in [-0.2, 0) is 5.88 Å². The summed E-state index contributed by atoms with van der Waals surface area (Å²) in [6, 6.07) is 12.6. The fraction of sp³-hybridized carbons (Fsp3) is 0.133. The van der Waals surface area contributed by atoms with Crippen LogP contribution < -0.4 is 5.32 Å². The quantitative estimate of drug-likeness (QED) is 0.821. The molecule has 4 heteroatoms. The zero-order valence-electron chi connectivity index (χ0n) is 10.4. The van der Waals surface area contributed by atoms with Crippen LogP contribution in [0.25, 0.3) is 0 Å². The monoisotopic (exact) mass is 293 g/mol. The lowest BCUT2D eigenvalue weighted by molar-refractivity contribution is 0.102. The molecule has 0 saturated carbocycles. The average Bonchev–Trinajstić information content (AvgIpc) is 2.43. The summed E-state index contributed by atoms with van der Waals surface area (Å²) < 4.78 is 0. The molecule has 0 radical (unpaired) electrons. The van der Waals surface area contributed by atoms with Gasteiger partial charge in [0.15, 0.2) is 0 Å². The number of halogens is 2. The molecule has 0 unspecified atom stereocenters. The Morgan fingerprint density at radius 3 is 2.74 bits per heavy atom. The highest BCUT2D eigenvalue weighted by molar-refractivity contribution is 6.31. The van der Waals surface area contributed by atoms with E-state index in [0.29, 0.717) is 22.2 Å². The molecule has 2 rings (SSSR count). The molecule has 0 spiro atoms. The second-order valence-electron chi connectivity index (χ2n) is 4.25. The van der Waals surface area contributed by atoms with Crippen molar-refractivity contribution in [3.63, 3.8) is 0 Å². The number of anilines is 1. The number of amides is 1. The summed E-state index contributed by atoms with van der Waals surface area (Å²) in [5, 5.41) is 3.45. The van der Waals surface area contributed by atoms with Crippen LogP contribution in [0.15, 0.2) is 42.5 Å². The molecule has 0 aliphatic carbocycles. The molecule has 19 heavy (non-hydrogen) atoms. The van der Waals surface area contributed by atoms with Gasteiger partial charge in [-0.2, -0.15) is 0 Å². The third-order valence-electron chi connectivity index (χ3n) is 2.79. The van der Waals surface area contributed by atoms with E-state index in [2.05, 4.69) is 5.32 Å². The lowest BCUT2D eigenvalue weighted by Gasteiger charge is -2.09. The Labute approximate surface area is 122 Å². The van der Waals surface area contributed by atoms with Gasteiger partial charge in [-0.05, 0) is 42.3 Å². The van der Waals surface area contributed by atoms with Crippen LogP contribution in [0.2, 0.25) is 5.02 Å². The van der Waals surface area contributed by atoms with Crippen molar-refractivity contribution in [3.05, 3.63) is 64.2 Å². The van der Waals surface area contributed by atoms with Crippen molar-refractivity contribution in [1.29, 1.82) is 0 Å². The number of aryl methyl sites for hydroxylation is 1. The average molecular weight is 294 g/mol. The van der Waals surface area contributed by atoms with Crippen LogP contribution in [0.1, 0.15) is 21.5 Å². The van der Waals surface area contributed by atoms with Crippen molar-refractivity contribution in [3.8, 4) is 0 Å². The molecule has 1 N–H and O–H groups in total. The standard InChI is InChI=1S/C15H13Cl2NO/c1-10-5-6-13(17)8-14(10)18-15(19)12-4-2-3-11(7-12)9-16/h2-8H,9H2,1H3,(H,18,19). The molecule has 0 atom stereocenters. The fourth-order valence-electron chi connectivity index (χ4n) is 1.72. The van der Waals surface area contributed by atoms with E-state index >= 15 is 0 Å². The predicted molar refractivity (Wildman–Crippen MR) is 80.1 cm³/mol. The molecule has 0 bridgehead atoms. The maximum atomic E-state index is 12.1. The lowest BCUT2D eigenvalue weighted by Crippen LogP contribution is -2.12. The first-order chi connectivity index (χ1) is 9.10. The number of alkyl halides is 1. The number of carbonyl (C=O) groups is 1. The van der Waals surface area contributed by atoms with E-state index in [1.165, 1.54) is 0 Å². The molecule has 0 fully saturated rings. The number of nitrogens with one attached hydrogen (secondary N) is 1. The van der Waals surface area contributed by atoms with E-state index in [1.807, 2.05) is 25.1 Å². The number of hydrogen-bond acceptors (Lipinski definition) is 1. The zero-order valence-corrected chi connectivity index (χ0v) is 11.9. The molecule has 0 aromatic heterocycles. The third-order valence-corrected chi connectivity index (χ3v) is 3.33. The number of rotatable bonds is 3. The minimum Gasteiger partial charge on any atom is -0.322 e. The van der Waals surface area contributed by atoms with E-state index < -0.39 is 0 Å². The molecular formula is C15H13Cl2NO. The van der Waals surface area contributed by atoms with Crippen LogP contribution in [0.3, 0.4) is 0 Å². The molecule has 1 amide bonds. The smallest absolute Gasteiger partial charge is 0.255 e. The van der Waals surface area contributed by atoms with Gasteiger partial charge < -0.3 is 5.32 Å². The number of carbonyl (C=O) groups excluding carboxylic acids is 1. The SMILES string of the molecule is Cc1ccc(Cl)cc1NC(=O)c1cccc(CCl)c1. The summed E-state index contributed by atoms with van der Waals surface area (Å²) in [5.41, 5.74) is 3.18. The van der Waals surface area contributed by atoms with Crippen molar-refractivity contribution >= 4 is 34.8 Å². The number of hydrogen-bond donors (Lipinski definition) is 1. The van der Waals surface area contributed by atoms with Crippen molar-refractivity contribution in [2.45, 2.75) is 12.8 Å². The maximum Gasteiger partial charge on any atom is 0.255 e. The van der Waals surface area contributed by atoms with Gasteiger partial charge in [0, 0.05) is 22.2 Å². The summed E-state index contributed by atoms with van der Waals surface area (Å²) in [5.74, 6) is 0.217. The first-order valence-electron chi connectivity index (χ1n) is 5.82. The van der Waals surface area contributed by atoms with Crippen LogP contribution in [0.4, 0.5) is 5.69 Å². The van der Waals surface area contributed by atoms with Crippen molar-refractivity contribution in [2.24, 2.45) is 0 Å².